The van der Waals surface area contributed by atoms with E-state index in [9.17, 15) is 0 Å². The highest BCUT2D eigenvalue weighted by molar-refractivity contribution is 6.32. The van der Waals surface area contributed by atoms with E-state index in [0.717, 1.165) is 6.54 Å². The summed E-state index contributed by atoms with van der Waals surface area (Å²) in [6, 6.07) is 5.09. The Morgan fingerprint density at radius 3 is 2.69 bits per heavy atom. The summed E-state index contributed by atoms with van der Waals surface area (Å²) < 4.78 is 5.50. The number of hydrogen-bond acceptors (Lipinski definition) is 3. The molecule has 0 bridgehead atoms. The SMILES string of the molecule is CN(C)CCOc1ccc(C(=N)N)cc1Cl. The van der Waals surface area contributed by atoms with Crippen molar-refractivity contribution in [2.45, 2.75) is 0 Å². The first-order valence-corrected chi connectivity index (χ1v) is 5.30. The molecule has 0 saturated heterocycles. The largest absolute Gasteiger partial charge is 0.491 e. The summed E-state index contributed by atoms with van der Waals surface area (Å²) in [6.45, 7) is 1.40. The average Bonchev–Trinajstić information content (AvgIpc) is 2.19. The second kappa shape index (κ2) is 5.72. The van der Waals surface area contributed by atoms with Crippen LogP contribution in [0.1, 0.15) is 5.56 Å². The molecule has 16 heavy (non-hydrogen) atoms. The lowest BCUT2D eigenvalue weighted by Gasteiger charge is -2.12. The Kier molecular flexibility index (Phi) is 4.58. The maximum atomic E-state index is 7.27. The standard InChI is InChI=1S/C11H16ClN3O/c1-15(2)5-6-16-10-4-3-8(11(13)14)7-9(10)12/h3-4,7H,5-6H2,1-2H3,(H3,13,14). The van der Waals surface area contributed by atoms with Gasteiger partial charge in [-0.05, 0) is 32.3 Å². The van der Waals surface area contributed by atoms with Crippen molar-refractivity contribution in [2.75, 3.05) is 27.2 Å². The van der Waals surface area contributed by atoms with Crippen molar-refractivity contribution in [3.63, 3.8) is 0 Å². The number of benzene rings is 1. The van der Waals surface area contributed by atoms with Crippen LogP contribution in [0.2, 0.25) is 5.02 Å². The second-order valence-corrected chi connectivity index (χ2v) is 4.12. The van der Waals surface area contributed by atoms with Crippen LogP contribution in [0.5, 0.6) is 5.75 Å². The minimum atomic E-state index is 0.00161. The molecule has 0 atom stereocenters. The van der Waals surface area contributed by atoms with Gasteiger partial charge in [0.05, 0.1) is 5.02 Å². The van der Waals surface area contributed by atoms with Crippen molar-refractivity contribution >= 4 is 17.4 Å². The lowest BCUT2D eigenvalue weighted by atomic mass is 10.2. The van der Waals surface area contributed by atoms with Gasteiger partial charge in [0.2, 0.25) is 0 Å². The van der Waals surface area contributed by atoms with Crippen molar-refractivity contribution in [1.29, 1.82) is 5.41 Å². The first-order chi connectivity index (χ1) is 7.50. The van der Waals surface area contributed by atoms with E-state index >= 15 is 0 Å². The molecule has 0 spiro atoms. The molecule has 1 aromatic carbocycles. The van der Waals surface area contributed by atoms with Gasteiger partial charge in [0.15, 0.2) is 0 Å². The van der Waals surface area contributed by atoms with E-state index in [1.165, 1.54) is 0 Å². The molecule has 88 valence electrons. The number of rotatable bonds is 5. The summed E-state index contributed by atoms with van der Waals surface area (Å²) >= 11 is 6.00. The van der Waals surface area contributed by atoms with Gasteiger partial charge < -0.3 is 15.4 Å². The van der Waals surface area contributed by atoms with Crippen LogP contribution in [0.4, 0.5) is 0 Å². The minimum Gasteiger partial charge on any atom is -0.491 e. The van der Waals surface area contributed by atoms with E-state index < -0.39 is 0 Å². The highest BCUT2D eigenvalue weighted by Crippen LogP contribution is 2.25. The van der Waals surface area contributed by atoms with Gasteiger partial charge in [0, 0.05) is 12.1 Å². The number of ether oxygens (including phenoxy) is 1. The van der Waals surface area contributed by atoms with E-state index in [2.05, 4.69) is 0 Å². The van der Waals surface area contributed by atoms with Gasteiger partial charge in [0.1, 0.15) is 18.2 Å². The van der Waals surface area contributed by atoms with Gasteiger partial charge in [-0.1, -0.05) is 11.6 Å². The quantitative estimate of drug-likeness (QED) is 0.608. The third-order valence-corrected chi connectivity index (χ3v) is 2.33. The highest BCUT2D eigenvalue weighted by Gasteiger charge is 2.04. The van der Waals surface area contributed by atoms with Crippen LogP contribution in [0.25, 0.3) is 0 Å². The van der Waals surface area contributed by atoms with Crippen molar-refractivity contribution in [3.05, 3.63) is 28.8 Å². The lowest BCUT2D eigenvalue weighted by Crippen LogP contribution is -2.19. The summed E-state index contributed by atoms with van der Waals surface area (Å²) in [7, 11) is 3.95. The number of nitrogens with zero attached hydrogens (tertiary/aromatic N) is 1. The number of nitrogens with one attached hydrogen (secondary N) is 1. The van der Waals surface area contributed by atoms with E-state index in [4.69, 9.17) is 27.5 Å². The fraction of sp³-hybridized carbons (Fsp3) is 0.364. The van der Waals surface area contributed by atoms with E-state index in [0.29, 0.717) is 22.9 Å². The van der Waals surface area contributed by atoms with Gasteiger partial charge in [-0.25, -0.2) is 0 Å². The van der Waals surface area contributed by atoms with E-state index in [1.54, 1.807) is 18.2 Å². The number of halogens is 1. The highest BCUT2D eigenvalue weighted by atomic mass is 35.5. The third kappa shape index (κ3) is 3.72. The summed E-state index contributed by atoms with van der Waals surface area (Å²) in [6.07, 6.45) is 0. The number of amidine groups is 1. The maximum absolute atomic E-state index is 7.27. The molecule has 5 heteroatoms. The fourth-order valence-electron chi connectivity index (χ4n) is 1.12. The van der Waals surface area contributed by atoms with Crippen molar-refractivity contribution in [1.82, 2.24) is 4.90 Å². The smallest absolute Gasteiger partial charge is 0.137 e. The molecule has 1 aromatic rings. The summed E-state index contributed by atoms with van der Waals surface area (Å²) in [5.41, 5.74) is 5.95. The summed E-state index contributed by atoms with van der Waals surface area (Å²) in [5, 5.41) is 7.75. The molecule has 0 fully saturated rings. The van der Waals surface area contributed by atoms with Crippen LogP contribution in [-0.2, 0) is 0 Å². The predicted molar refractivity (Wildman–Crippen MR) is 66.5 cm³/mol. The molecule has 0 heterocycles. The minimum absolute atomic E-state index is 0.00161. The van der Waals surface area contributed by atoms with Crippen molar-refractivity contribution in [3.8, 4) is 5.75 Å². The molecule has 0 amide bonds. The Morgan fingerprint density at radius 2 is 2.19 bits per heavy atom. The molecule has 0 aromatic heterocycles. The van der Waals surface area contributed by atoms with Gasteiger partial charge in [-0.15, -0.1) is 0 Å². The van der Waals surface area contributed by atoms with Gasteiger partial charge in [0.25, 0.3) is 0 Å². The first kappa shape index (κ1) is 12.8. The molecule has 0 saturated carbocycles. The van der Waals surface area contributed by atoms with Gasteiger partial charge >= 0.3 is 0 Å². The monoisotopic (exact) mass is 241 g/mol. The summed E-state index contributed by atoms with van der Waals surface area (Å²) in [4.78, 5) is 2.03. The molecule has 0 unspecified atom stereocenters. The Morgan fingerprint density at radius 1 is 1.50 bits per heavy atom. The number of nitrogens with two attached hydrogens (primary N) is 1. The van der Waals surface area contributed by atoms with Gasteiger partial charge in [-0.2, -0.15) is 0 Å². The maximum Gasteiger partial charge on any atom is 0.137 e. The van der Waals surface area contributed by atoms with Crippen LogP contribution < -0.4 is 10.5 Å². The Hall–Kier alpha value is -1.26. The normalized spacial score (nSPS) is 10.5. The second-order valence-electron chi connectivity index (χ2n) is 3.71. The fourth-order valence-corrected chi connectivity index (χ4v) is 1.36. The molecule has 0 aliphatic heterocycles. The molecule has 0 aliphatic carbocycles. The molecule has 4 nitrogen and oxygen atoms in total. The van der Waals surface area contributed by atoms with Crippen molar-refractivity contribution in [2.24, 2.45) is 5.73 Å². The third-order valence-electron chi connectivity index (χ3n) is 2.04. The van der Waals surface area contributed by atoms with E-state index in [1.807, 2.05) is 19.0 Å². The average molecular weight is 242 g/mol. The van der Waals surface area contributed by atoms with Crippen LogP contribution >= 0.6 is 11.6 Å². The van der Waals surface area contributed by atoms with Crippen LogP contribution in [0.3, 0.4) is 0 Å². The first-order valence-electron chi connectivity index (χ1n) is 4.92. The topological polar surface area (TPSA) is 62.3 Å². The van der Waals surface area contributed by atoms with Crippen LogP contribution in [-0.4, -0.2) is 38.0 Å². The van der Waals surface area contributed by atoms with E-state index in [-0.39, 0.29) is 5.84 Å². The molecule has 3 N–H and O–H groups in total. The molecule has 1 rings (SSSR count). The molecule has 0 radical (unpaired) electrons. The summed E-state index contributed by atoms with van der Waals surface area (Å²) in [5.74, 6) is 0.621. The van der Waals surface area contributed by atoms with Gasteiger partial charge in [-0.3, -0.25) is 5.41 Å². The Balaban J connectivity index is 2.64. The van der Waals surface area contributed by atoms with Crippen LogP contribution in [0.15, 0.2) is 18.2 Å². The molecule has 0 aliphatic rings. The number of hydrogen-bond donors (Lipinski definition) is 2. The number of likely N-dealkylation sites (N-methyl/N-ethyl adjacent to an activating group) is 1. The Bertz CT molecular complexity index is 379. The lowest BCUT2D eigenvalue weighted by molar-refractivity contribution is 0.261. The zero-order valence-corrected chi connectivity index (χ0v) is 10.2. The zero-order valence-electron chi connectivity index (χ0n) is 9.46. The van der Waals surface area contributed by atoms with Crippen LogP contribution in [0, 0.1) is 5.41 Å². The number of nitrogen functional groups attached to an aromatic ring is 1. The zero-order chi connectivity index (χ0) is 12.1. The molecular weight excluding hydrogens is 226 g/mol. The predicted octanol–water partition coefficient (Wildman–Crippen LogP) is 1.56. The Labute approximate surface area is 100 Å². The van der Waals surface area contributed by atoms with Crippen molar-refractivity contribution < 1.29 is 4.74 Å². The molecular formula is C11H16ClN3O.